The number of piperidine rings is 2. The molecule has 35 heavy (non-hydrogen) atoms. The van der Waals surface area contributed by atoms with Gasteiger partial charge in [0.05, 0.1) is 10.9 Å². The molecule has 0 aromatic heterocycles. The van der Waals surface area contributed by atoms with E-state index in [9.17, 15) is 13.2 Å². The average Bonchev–Trinajstić information content (AvgIpc) is 2.82. The fourth-order valence-corrected chi connectivity index (χ4v) is 7.88. The first kappa shape index (κ1) is 26.7. The second-order valence-corrected chi connectivity index (χ2v) is 12.6. The van der Waals surface area contributed by atoms with Gasteiger partial charge in [-0.2, -0.15) is 4.31 Å². The molecule has 0 bridgehead atoms. The van der Waals surface area contributed by atoms with Crippen molar-refractivity contribution in [2.24, 2.45) is 0 Å². The van der Waals surface area contributed by atoms with Gasteiger partial charge < -0.3 is 14.5 Å². The molecular formula is C26H40ClN3O4S. The molecular weight excluding hydrogens is 486 g/mol. The predicted molar refractivity (Wildman–Crippen MR) is 138 cm³/mol. The Kier molecular flexibility index (Phi) is 9.35. The topological polar surface area (TPSA) is 70.2 Å². The normalized spacial score (nSPS) is 26.2. The molecule has 2 atom stereocenters. The van der Waals surface area contributed by atoms with E-state index in [-0.39, 0.29) is 29.7 Å². The number of hydrogen-bond acceptors (Lipinski definition) is 5. The lowest BCUT2D eigenvalue weighted by Crippen LogP contribution is -2.52. The Morgan fingerprint density at radius 2 is 1.54 bits per heavy atom. The van der Waals surface area contributed by atoms with Crippen LogP contribution in [-0.2, 0) is 14.8 Å². The molecule has 3 aliphatic heterocycles. The van der Waals surface area contributed by atoms with Crippen molar-refractivity contribution in [1.29, 1.82) is 0 Å². The Balaban J connectivity index is 1.32. The summed E-state index contributed by atoms with van der Waals surface area (Å²) in [5.74, 6) is 0. The molecule has 1 aromatic rings. The smallest absolute Gasteiger partial charge is 0.409 e. The van der Waals surface area contributed by atoms with Gasteiger partial charge in [0.1, 0.15) is 6.61 Å². The third-order valence-corrected chi connectivity index (χ3v) is 10.2. The van der Waals surface area contributed by atoms with Gasteiger partial charge in [0, 0.05) is 30.2 Å². The van der Waals surface area contributed by atoms with Gasteiger partial charge in [-0.25, -0.2) is 13.2 Å². The molecule has 1 amide bonds. The second kappa shape index (κ2) is 12.3. The maximum atomic E-state index is 13.4. The van der Waals surface area contributed by atoms with E-state index in [0.717, 1.165) is 25.7 Å². The minimum Gasteiger partial charge on any atom is -0.448 e. The number of nitrogens with zero attached hydrogens (tertiary/aromatic N) is 3. The third-order valence-electron chi connectivity index (χ3n) is 7.87. The molecule has 3 fully saturated rings. The highest BCUT2D eigenvalue weighted by atomic mass is 35.5. The van der Waals surface area contributed by atoms with E-state index >= 15 is 0 Å². The highest BCUT2D eigenvalue weighted by molar-refractivity contribution is 7.89. The summed E-state index contributed by atoms with van der Waals surface area (Å²) in [4.78, 5) is 17.5. The molecule has 3 saturated heterocycles. The lowest BCUT2D eigenvalue weighted by atomic mass is 10.00. The number of ether oxygens (including phenoxy) is 1. The summed E-state index contributed by atoms with van der Waals surface area (Å²) in [6.07, 6.45) is 10.6. The van der Waals surface area contributed by atoms with Crippen LogP contribution < -0.4 is 0 Å². The van der Waals surface area contributed by atoms with Gasteiger partial charge >= 0.3 is 6.09 Å². The Bertz CT molecular complexity index is 926. The van der Waals surface area contributed by atoms with Crippen molar-refractivity contribution in [1.82, 2.24) is 14.1 Å². The number of benzene rings is 1. The highest BCUT2D eigenvalue weighted by Gasteiger charge is 2.39. The lowest BCUT2D eigenvalue weighted by Gasteiger charge is -2.40. The number of hydrogen-bond donors (Lipinski definition) is 0. The number of amides is 1. The molecule has 3 heterocycles. The second-order valence-electron chi connectivity index (χ2n) is 10.3. The zero-order chi connectivity index (χ0) is 24.8. The first-order valence-corrected chi connectivity index (χ1v) is 15.1. The Morgan fingerprint density at radius 1 is 0.914 bits per heavy atom. The largest absolute Gasteiger partial charge is 0.448 e. The zero-order valence-electron chi connectivity index (χ0n) is 20.9. The average molecular weight is 526 g/mol. The number of carbonyl (C=O) groups excluding carboxylic acids is 1. The van der Waals surface area contributed by atoms with Crippen molar-refractivity contribution in [2.45, 2.75) is 94.2 Å². The number of sulfonamides is 1. The number of carbonyl (C=O) groups is 1. The van der Waals surface area contributed by atoms with E-state index in [1.807, 2.05) is 6.92 Å². The van der Waals surface area contributed by atoms with Crippen LogP contribution in [0.2, 0.25) is 5.02 Å². The predicted octanol–water partition coefficient (Wildman–Crippen LogP) is 5.14. The summed E-state index contributed by atoms with van der Waals surface area (Å²) >= 11 is 5.96. The van der Waals surface area contributed by atoms with E-state index < -0.39 is 10.0 Å². The van der Waals surface area contributed by atoms with Crippen LogP contribution in [0, 0.1) is 0 Å². The van der Waals surface area contributed by atoms with Crippen molar-refractivity contribution < 1.29 is 17.9 Å². The minimum absolute atomic E-state index is 0.0854. The van der Waals surface area contributed by atoms with Crippen molar-refractivity contribution in [2.75, 3.05) is 32.8 Å². The van der Waals surface area contributed by atoms with E-state index in [1.165, 1.54) is 57.3 Å². The molecule has 0 radical (unpaired) electrons. The van der Waals surface area contributed by atoms with Gasteiger partial charge in [-0.05, 0) is 82.8 Å². The molecule has 0 aliphatic carbocycles. The van der Waals surface area contributed by atoms with Crippen LogP contribution in [0.15, 0.2) is 29.2 Å². The van der Waals surface area contributed by atoms with Crippen LogP contribution in [0.4, 0.5) is 4.79 Å². The Morgan fingerprint density at radius 3 is 2.20 bits per heavy atom. The van der Waals surface area contributed by atoms with Gasteiger partial charge in [-0.1, -0.05) is 37.3 Å². The molecule has 4 rings (SSSR count). The van der Waals surface area contributed by atoms with Gasteiger partial charge in [0.2, 0.25) is 10.0 Å². The van der Waals surface area contributed by atoms with E-state index in [0.29, 0.717) is 30.6 Å². The lowest BCUT2D eigenvalue weighted by molar-refractivity contribution is 0.0481. The monoisotopic (exact) mass is 525 g/mol. The van der Waals surface area contributed by atoms with Crippen LogP contribution in [0.1, 0.15) is 71.1 Å². The van der Waals surface area contributed by atoms with Crippen molar-refractivity contribution in [3.05, 3.63) is 29.3 Å². The van der Waals surface area contributed by atoms with Gasteiger partial charge in [-0.15, -0.1) is 0 Å². The van der Waals surface area contributed by atoms with Crippen molar-refractivity contribution >= 4 is 27.7 Å². The number of likely N-dealkylation sites (tertiary alicyclic amines) is 2. The fourth-order valence-electron chi connectivity index (χ4n) is 5.89. The van der Waals surface area contributed by atoms with Gasteiger partial charge in [0.25, 0.3) is 0 Å². The van der Waals surface area contributed by atoms with Crippen LogP contribution >= 0.6 is 11.6 Å². The van der Waals surface area contributed by atoms with Crippen LogP contribution in [-0.4, -0.2) is 79.5 Å². The molecule has 9 heteroatoms. The van der Waals surface area contributed by atoms with Crippen LogP contribution in [0.3, 0.4) is 0 Å². The van der Waals surface area contributed by atoms with E-state index in [2.05, 4.69) is 4.90 Å². The fraction of sp³-hybridized carbons (Fsp3) is 0.731. The minimum atomic E-state index is -3.71. The first-order valence-electron chi connectivity index (χ1n) is 13.3. The maximum absolute atomic E-state index is 13.4. The molecule has 196 valence electrons. The number of rotatable bonds is 5. The summed E-state index contributed by atoms with van der Waals surface area (Å²) in [6.45, 7) is 5.76. The highest BCUT2D eigenvalue weighted by Crippen LogP contribution is 2.31. The first-order chi connectivity index (χ1) is 16.9. The molecule has 3 aliphatic rings. The molecule has 1 aromatic carbocycles. The van der Waals surface area contributed by atoms with Crippen molar-refractivity contribution in [3.63, 3.8) is 0 Å². The number of halogens is 1. The Labute approximate surface area is 215 Å². The summed E-state index contributed by atoms with van der Waals surface area (Å²) in [5.41, 5.74) is 0. The molecule has 0 saturated carbocycles. The molecule has 0 unspecified atom stereocenters. The van der Waals surface area contributed by atoms with E-state index in [4.69, 9.17) is 16.3 Å². The summed E-state index contributed by atoms with van der Waals surface area (Å²) < 4.78 is 34.1. The quantitative estimate of drug-likeness (QED) is 0.532. The van der Waals surface area contributed by atoms with E-state index in [1.54, 1.807) is 21.3 Å². The standard InChI is InChI=1S/C26H40ClN3O4S/c1-21-8-7-9-24(30(21)35(32,33)25-12-10-22(27)11-13-25)20-34-26(31)29-18-14-23(15-19-29)28-16-5-3-2-4-6-17-28/h10-13,21,23-24H,2-9,14-20H2,1H3/t21-,24-/m1/s1. The van der Waals surface area contributed by atoms with Gasteiger partial charge in [-0.3, -0.25) is 0 Å². The van der Waals surface area contributed by atoms with Crippen LogP contribution in [0.5, 0.6) is 0 Å². The summed E-state index contributed by atoms with van der Waals surface area (Å²) in [5, 5.41) is 0.497. The maximum Gasteiger partial charge on any atom is 0.409 e. The molecule has 0 spiro atoms. The zero-order valence-corrected chi connectivity index (χ0v) is 22.5. The molecule has 7 nitrogen and oxygen atoms in total. The van der Waals surface area contributed by atoms with Crippen molar-refractivity contribution in [3.8, 4) is 0 Å². The SMILES string of the molecule is C[C@@H]1CCC[C@H](COC(=O)N2CCC(N3CCCCCCC3)CC2)N1S(=O)(=O)c1ccc(Cl)cc1. The molecule has 0 N–H and O–H groups in total. The van der Waals surface area contributed by atoms with Gasteiger partial charge in [0.15, 0.2) is 0 Å². The summed E-state index contributed by atoms with van der Waals surface area (Å²) in [7, 11) is -3.71. The Hall–Kier alpha value is -1.35. The summed E-state index contributed by atoms with van der Waals surface area (Å²) in [6, 6.07) is 6.31. The third kappa shape index (κ3) is 6.70. The van der Waals surface area contributed by atoms with Crippen LogP contribution in [0.25, 0.3) is 0 Å².